The highest BCUT2D eigenvalue weighted by molar-refractivity contribution is 5.94. The Labute approximate surface area is 175 Å². The van der Waals surface area contributed by atoms with Gasteiger partial charge < -0.3 is 10.1 Å². The lowest BCUT2D eigenvalue weighted by atomic mass is 9.87. The molecule has 0 aliphatic rings. The molecule has 0 aliphatic carbocycles. The molecule has 0 atom stereocenters. The van der Waals surface area contributed by atoms with Gasteiger partial charge in [-0.15, -0.1) is 0 Å². The average Bonchev–Trinajstić information content (AvgIpc) is 2.71. The molecule has 160 valence electrons. The minimum Gasteiger partial charge on any atom is -0.484 e. The molecule has 3 N–H and O–H groups in total. The molecular formula is C22H26FN3O4. The van der Waals surface area contributed by atoms with Crippen LogP contribution in [0.25, 0.3) is 0 Å². The molecule has 0 heterocycles. The van der Waals surface area contributed by atoms with E-state index < -0.39 is 17.6 Å². The van der Waals surface area contributed by atoms with Crippen LogP contribution in [-0.2, 0) is 15.0 Å². The van der Waals surface area contributed by atoms with E-state index in [0.29, 0.717) is 11.3 Å². The summed E-state index contributed by atoms with van der Waals surface area (Å²) in [7, 11) is 0. The van der Waals surface area contributed by atoms with Crippen molar-refractivity contribution >= 4 is 17.7 Å². The molecule has 3 amide bonds. The molecule has 0 saturated carbocycles. The SMILES string of the molecule is CC(C)(C)c1ccc(C(=O)NCCC(=O)NNC(=O)COc2ccc(F)cc2)cc1. The first-order valence-electron chi connectivity index (χ1n) is 9.50. The number of halogens is 1. The Morgan fingerprint density at radius 2 is 1.50 bits per heavy atom. The van der Waals surface area contributed by atoms with E-state index in [0.717, 1.165) is 5.56 Å². The molecule has 2 rings (SSSR count). The molecule has 0 spiro atoms. The van der Waals surface area contributed by atoms with Crippen LogP contribution in [0.2, 0.25) is 0 Å². The van der Waals surface area contributed by atoms with E-state index in [1.54, 1.807) is 12.1 Å². The fourth-order valence-corrected chi connectivity index (χ4v) is 2.43. The minimum absolute atomic E-state index is 0.00157. The van der Waals surface area contributed by atoms with Crippen LogP contribution in [0.4, 0.5) is 4.39 Å². The monoisotopic (exact) mass is 415 g/mol. The van der Waals surface area contributed by atoms with E-state index in [-0.39, 0.29) is 30.9 Å². The van der Waals surface area contributed by atoms with E-state index >= 15 is 0 Å². The van der Waals surface area contributed by atoms with E-state index in [4.69, 9.17) is 4.74 Å². The van der Waals surface area contributed by atoms with Gasteiger partial charge in [-0.3, -0.25) is 25.2 Å². The van der Waals surface area contributed by atoms with Crippen molar-refractivity contribution in [2.75, 3.05) is 13.2 Å². The number of hydrogen-bond donors (Lipinski definition) is 3. The molecule has 2 aromatic rings. The topological polar surface area (TPSA) is 96.5 Å². The highest BCUT2D eigenvalue weighted by Gasteiger charge is 2.14. The summed E-state index contributed by atoms with van der Waals surface area (Å²) in [5.41, 5.74) is 6.07. The lowest BCUT2D eigenvalue weighted by molar-refractivity contribution is -0.129. The second-order valence-corrected chi connectivity index (χ2v) is 7.67. The number of hydrazine groups is 1. The summed E-state index contributed by atoms with van der Waals surface area (Å²) in [6.07, 6.45) is -0.00901. The van der Waals surface area contributed by atoms with E-state index in [9.17, 15) is 18.8 Å². The number of carbonyl (C=O) groups is 3. The average molecular weight is 415 g/mol. The van der Waals surface area contributed by atoms with Gasteiger partial charge in [-0.05, 0) is 47.4 Å². The van der Waals surface area contributed by atoms with Crippen LogP contribution < -0.4 is 20.9 Å². The first-order valence-corrected chi connectivity index (χ1v) is 9.50. The highest BCUT2D eigenvalue weighted by atomic mass is 19.1. The molecule has 0 unspecified atom stereocenters. The van der Waals surface area contributed by atoms with Crippen molar-refractivity contribution in [2.45, 2.75) is 32.6 Å². The lowest BCUT2D eigenvalue weighted by Gasteiger charge is -2.19. The van der Waals surface area contributed by atoms with Crippen molar-refractivity contribution < 1.29 is 23.5 Å². The van der Waals surface area contributed by atoms with Crippen LogP contribution in [0, 0.1) is 5.82 Å². The van der Waals surface area contributed by atoms with E-state index in [1.807, 2.05) is 12.1 Å². The predicted molar refractivity (Wildman–Crippen MR) is 110 cm³/mol. The Morgan fingerprint density at radius 1 is 0.900 bits per heavy atom. The number of nitrogens with one attached hydrogen (secondary N) is 3. The van der Waals surface area contributed by atoms with E-state index in [2.05, 4.69) is 36.9 Å². The fraction of sp³-hybridized carbons (Fsp3) is 0.318. The Balaban J connectivity index is 1.65. The van der Waals surface area contributed by atoms with Crippen molar-refractivity contribution in [1.29, 1.82) is 0 Å². The number of hydrogen-bond acceptors (Lipinski definition) is 4. The van der Waals surface area contributed by atoms with Gasteiger partial charge in [0.25, 0.3) is 11.8 Å². The lowest BCUT2D eigenvalue weighted by Crippen LogP contribution is -2.44. The molecule has 0 aliphatic heterocycles. The van der Waals surface area contributed by atoms with Crippen LogP contribution >= 0.6 is 0 Å². The maximum absolute atomic E-state index is 12.8. The third kappa shape index (κ3) is 7.54. The molecule has 0 bridgehead atoms. The van der Waals surface area contributed by atoms with Crippen molar-refractivity contribution in [2.24, 2.45) is 0 Å². The van der Waals surface area contributed by atoms with Crippen molar-refractivity contribution in [3.05, 3.63) is 65.5 Å². The van der Waals surface area contributed by atoms with Gasteiger partial charge in [0.1, 0.15) is 11.6 Å². The summed E-state index contributed by atoms with van der Waals surface area (Å²) in [4.78, 5) is 35.6. The first-order chi connectivity index (χ1) is 14.1. The van der Waals surface area contributed by atoms with Crippen LogP contribution in [-0.4, -0.2) is 30.9 Å². The van der Waals surface area contributed by atoms with Crippen molar-refractivity contribution in [3.8, 4) is 5.75 Å². The van der Waals surface area contributed by atoms with Gasteiger partial charge in [-0.1, -0.05) is 32.9 Å². The number of carbonyl (C=O) groups excluding carboxylic acids is 3. The second kappa shape index (κ2) is 10.4. The Bertz CT molecular complexity index is 875. The van der Waals surface area contributed by atoms with Crippen LogP contribution in [0.3, 0.4) is 0 Å². The molecule has 2 aromatic carbocycles. The molecule has 8 heteroatoms. The standard InChI is InChI=1S/C22H26FN3O4/c1-22(2,3)16-6-4-15(5-7-16)21(29)24-13-12-19(27)25-26-20(28)14-30-18-10-8-17(23)9-11-18/h4-11H,12-14H2,1-3H3,(H,24,29)(H,25,27)(H,26,28). The molecule has 0 radical (unpaired) electrons. The fourth-order valence-electron chi connectivity index (χ4n) is 2.43. The summed E-state index contributed by atoms with van der Waals surface area (Å²) < 4.78 is 18.0. The maximum atomic E-state index is 12.8. The van der Waals surface area contributed by atoms with Gasteiger partial charge in [0.2, 0.25) is 5.91 Å². The van der Waals surface area contributed by atoms with Crippen molar-refractivity contribution in [3.63, 3.8) is 0 Å². The minimum atomic E-state index is -0.573. The van der Waals surface area contributed by atoms with Crippen LogP contribution in [0.5, 0.6) is 5.75 Å². The van der Waals surface area contributed by atoms with Gasteiger partial charge in [-0.2, -0.15) is 0 Å². The second-order valence-electron chi connectivity index (χ2n) is 7.67. The van der Waals surface area contributed by atoms with Gasteiger partial charge >= 0.3 is 0 Å². The molecule has 0 fully saturated rings. The summed E-state index contributed by atoms with van der Waals surface area (Å²) in [6.45, 7) is 6.05. The number of rotatable bonds is 7. The zero-order chi connectivity index (χ0) is 22.1. The van der Waals surface area contributed by atoms with E-state index in [1.165, 1.54) is 24.3 Å². The summed E-state index contributed by atoms with van der Waals surface area (Å²) >= 11 is 0. The van der Waals surface area contributed by atoms with Gasteiger partial charge in [-0.25, -0.2) is 4.39 Å². The quantitative estimate of drug-likeness (QED) is 0.606. The van der Waals surface area contributed by atoms with Gasteiger partial charge in [0.05, 0.1) is 0 Å². The van der Waals surface area contributed by atoms with Crippen LogP contribution in [0.15, 0.2) is 48.5 Å². The third-order valence-corrected chi connectivity index (χ3v) is 4.18. The first kappa shape index (κ1) is 22.9. The normalized spacial score (nSPS) is 10.8. The maximum Gasteiger partial charge on any atom is 0.276 e. The zero-order valence-electron chi connectivity index (χ0n) is 17.3. The number of ether oxygens (including phenoxy) is 1. The van der Waals surface area contributed by atoms with Crippen LogP contribution in [0.1, 0.15) is 43.1 Å². The number of amides is 3. The van der Waals surface area contributed by atoms with Gasteiger partial charge in [0, 0.05) is 18.5 Å². The smallest absolute Gasteiger partial charge is 0.276 e. The summed E-state index contributed by atoms with van der Waals surface area (Å²) in [6, 6.07) is 12.5. The summed E-state index contributed by atoms with van der Waals surface area (Å²) in [5.74, 6) is -1.40. The summed E-state index contributed by atoms with van der Waals surface area (Å²) in [5, 5.41) is 2.66. The third-order valence-electron chi connectivity index (χ3n) is 4.18. The molecule has 7 nitrogen and oxygen atoms in total. The van der Waals surface area contributed by atoms with Gasteiger partial charge in [0.15, 0.2) is 6.61 Å². The Hall–Kier alpha value is -3.42. The molecule has 0 saturated heterocycles. The largest absolute Gasteiger partial charge is 0.484 e. The molecule has 0 aromatic heterocycles. The zero-order valence-corrected chi connectivity index (χ0v) is 17.3. The highest BCUT2D eigenvalue weighted by Crippen LogP contribution is 2.22. The Kier molecular flexibility index (Phi) is 7.91. The Morgan fingerprint density at radius 3 is 2.10 bits per heavy atom. The molecule has 30 heavy (non-hydrogen) atoms. The molecular weight excluding hydrogens is 389 g/mol. The van der Waals surface area contributed by atoms with Crippen molar-refractivity contribution in [1.82, 2.24) is 16.2 Å². The predicted octanol–water partition coefficient (Wildman–Crippen LogP) is 2.47. The number of benzene rings is 2.